The summed E-state index contributed by atoms with van der Waals surface area (Å²) in [5, 5.41) is 47.5. The molecule has 0 aromatic carbocycles. The first kappa shape index (κ1) is 24.7. The van der Waals surface area contributed by atoms with Crippen LogP contribution in [0.2, 0.25) is 0 Å². The van der Waals surface area contributed by atoms with E-state index in [4.69, 9.17) is 9.47 Å². The maximum Gasteiger partial charge on any atom is 0.334 e. The number of cyclic esters (lactones) is 1. The Balaban J connectivity index is 1.39. The van der Waals surface area contributed by atoms with Crippen molar-refractivity contribution in [2.45, 2.75) is 108 Å². The molecule has 0 unspecified atom stereocenters. The van der Waals surface area contributed by atoms with Gasteiger partial charge in [0.25, 0.3) is 0 Å². The number of esters is 1. The van der Waals surface area contributed by atoms with Crippen LogP contribution in [0.4, 0.5) is 0 Å². The van der Waals surface area contributed by atoms with Crippen molar-refractivity contribution < 1.29 is 39.5 Å². The van der Waals surface area contributed by atoms with E-state index in [1.807, 2.05) is 13.8 Å². The van der Waals surface area contributed by atoms with Gasteiger partial charge in [-0.1, -0.05) is 19.9 Å². The number of hydrogen-bond donors (Lipinski definition) is 4. The number of rotatable bonds is 2. The van der Waals surface area contributed by atoms with E-state index in [0.717, 1.165) is 0 Å². The van der Waals surface area contributed by atoms with E-state index in [1.54, 1.807) is 32.9 Å². The Labute approximate surface area is 211 Å². The molecular weight excluding hydrogens is 464 g/mol. The second kappa shape index (κ2) is 7.08. The highest BCUT2D eigenvalue weighted by molar-refractivity contribution is 5.97. The van der Waals surface area contributed by atoms with Crippen LogP contribution in [0, 0.1) is 28.6 Å². The Hall–Kier alpha value is -1.58. The van der Waals surface area contributed by atoms with Gasteiger partial charge in [0.1, 0.15) is 23.9 Å². The summed E-state index contributed by atoms with van der Waals surface area (Å²) < 4.78 is 11.7. The second-order valence-electron chi connectivity index (χ2n) is 12.9. The van der Waals surface area contributed by atoms with Crippen molar-refractivity contribution in [1.82, 2.24) is 0 Å². The predicted molar refractivity (Wildman–Crippen MR) is 127 cm³/mol. The predicted octanol–water partition coefficient (Wildman–Crippen LogP) is 1.58. The zero-order valence-electron chi connectivity index (χ0n) is 21.7. The molecule has 0 aromatic heterocycles. The van der Waals surface area contributed by atoms with Gasteiger partial charge in [-0.05, 0) is 70.4 Å². The minimum Gasteiger partial charge on any atom is -0.455 e. The van der Waals surface area contributed by atoms with Gasteiger partial charge in [-0.25, -0.2) is 4.79 Å². The quantitative estimate of drug-likeness (QED) is 0.330. The molecule has 36 heavy (non-hydrogen) atoms. The Morgan fingerprint density at radius 3 is 2.44 bits per heavy atom. The molecule has 0 radical (unpaired) electrons. The first-order valence-electron chi connectivity index (χ1n) is 13.3. The average Bonchev–Trinajstić information content (AvgIpc) is 3.60. The highest BCUT2D eigenvalue weighted by atomic mass is 16.6. The van der Waals surface area contributed by atoms with Crippen LogP contribution in [0.5, 0.6) is 0 Å². The minimum atomic E-state index is -1.43. The van der Waals surface area contributed by atoms with Gasteiger partial charge in [-0.2, -0.15) is 0 Å². The van der Waals surface area contributed by atoms with Gasteiger partial charge in [-0.15, -0.1) is 0 Å². The third kappa shape index (κ3) is 2.49. The number of hydrogen-bond acceptors (Lipinski definition) is 8. The third-order valence-corrected chi connectivity index (χ3v) is 12.1. The number of epoxide rings is 1. The molecule has 8 heteroatoms. The van der Waals surface area contributed by atoms with Crippen LogP contribution >= 0.6 is 0 Å². The minimum absolute atomic E-state index is 0.135. The number of carbonyl (C=O) groups excluding carboxylic acids is 2. The lowest BCUT2D eigenvalue weighted by Gasteiger charge is -2.63. The van der Waals surface area contributed by atoms with Crippen molar-refractivity contribution in [1.29, 1.82) is 0 Å². The summed E-state index contributed by atoms with van der Waals surface area (Å²) in [6.45, 7) is 8.81. The summed E-state index contributed by atoms with van der Waals surface area (Å²) in [6, 6.07) is 0. The molecule has 6 rings (SSSR count). The van der Waals surface area contributed by atoms with Crippen LogP contribution in [0.25, 0.3) is 0 Å². The molecule has 0 bridgehead atoms. The molecule has 0 aromatic rings. The molecule has 2 aliphatic heterocycles. The van der Waals surface area contributed by atoms with Crippen LogP contribution in [0.3, 0.4) is 0 Å². The Morgan fingerprint density at radius 1 is 1.06 bits per heavy atom. The molecule has 198 valence electrons. The number of aliphatic hydroxyl groups is 4. The first-order chi connectivity index (χ1) is 16.7. The lowest BCUT2D eigenvalue weighted by Crippen LogP contribution is -2.73. The summed E-state index contributed by atoms with van der Waals surface area (Å²) in [5.74, 6) is -2.01. The Morgan fingerprint density at radius 2 is 1.75 bits per heavy atom. The van der Waals surface area contributed by atoms with Gasteiger partial charge in [-0.3, -0.25) is 4.79 Å². The SMILES string of the molecule is CC1=C(C)[C@H](O)[C@H]([C@@H](C)[C@@]2(O)CC[C@@]3(O)[C@@H]4[C@@H]5O[C@@H]5[C@@]5(O)CC=CC(=O)[C@]5(C)[C@H]4CC[C@@]32C)OC1=O. The maximum absolute atomic E-state index is 13.3. The van der Waals surface area contributed by atoms with E-state index in [2.05, 4.69) is 0 Å². The van der Waals surface area contributed by atoms with Crippen LogP contribution in [0.15, 0.2) is 23.3 Å². The number of carbonyl (C=O) groups is 2. The van der Waals surface area contributed by atoms with Gasteiger partial charge in [0.15, 0.2) is 5.78 Å². The molecule has 0 spiro atoms. The number of aliphatic hydroxyl groups excluding tert-OH is 1. The van der Waals surface area contributed by atoms with Crippen molar-refractivity contribution in [3.63, 3.8) is 0 Å². The molecular formula is C28H38O8. The zero-order chi connectivity index (χ0) is 26.2. The van der Waals surface area contributed by atoms with Gasteiger partial charge in [0, 0.05) is 22.8 Å². The van der Waals surface area contributed by atoms with Crippen LogP contribution < -0.4 is 0 Å². The molecule has 12 atom stereocenters. The molecule has 4 N–H and O–H groups in total. The molecule has 8 nitrogen and oxygen atoms in total. The van der Waals surface area contributed by atoms with Crippen molar-refractivity contribution >= 4 is 11.8 Å². The molecule has 1 saturated heterocycles. The lowest BCUT2D eigenvalue weighted by atomic mass is 9.41. The fraction of sp³-hybridized carbons (Fsp3) is 0.786. The number of ketones is 1. The van der Waals surface area contributed by atoms with Crippen molar-refractivity contribution in [3.05, 3.63) is 23.3 Å². The van der Waals surface area contributed by atoms with E-state index in [-0.39, 0.29) is 24.2 Å². The third-order valence-electron chi connectivity index (χ3n) is 12.1. The highest BCUT2D eigenvalue weighted by Gasteiger charge is 2.82. The van der Waals surface area contributed by atoms with Gasteiger partial charge in [0.2, 0.25) is 0 Å². The fourth-order valence-corrected chi connectivity index (χ4v) is 9.30. The molecule has 6 aliphatic rings. The smallest absolute Gasteiger partial charge is 0.334 e. The largest absolute Gasteiger partial charge is 0.455 e. The molecule has 2 heterocycles. The number of ether oxygens (including phenoxy) is 2. The molecule has 3 saturated carbocycles. The van der Waals surface area contributed by atoms with E-state index in [1.165, 1.54) is 0 Å². The summed E-state index contributed by atoms with van der Waals surface area (Å²) in [7, 11) is 0. The van der Waals surface area contributed by atoms with Crippen LogP contribution in [0.1, 0.15) is 66.7 Å². The molecule has 0 amide bonds. The lowest BCUT2D eigenvalue weighted by molar-refractivity contribution is -0.255. The standard InChI is InChI=1S/C28H38O8/c1-13-14(2)23(31)36-20(19(13)30)15(3)26(32)11-12-27(33)18-16(8-10-24(26,27)4)25(5)17(29)7-6-9-28(25,34)22-21(18)35-22/h6-7,15-16,18-22,30,32-34H,8-12H2,1-5H3/t15-,16+,18+,19+,20+,21+,22+,24-,25+,26+,27-,28+/m1/s1. The van der Waals surface area contributed by atoms with Gasteiger partial charge >= 0.3 is 5.97 Å². The summed E-state index contributed by atoms with van der Waals surface area (Å²) in [5.41, 5.74) is -5.26. The van der Waals surface area contributed by atoms with Crippen LogP contribution in [-0.4, -0.2) is 73.4 Å². The first-order valence-corrected chi connectivity index (χ1v) is 13.3. The molecule has 4 aliphatic carbocycles. The van der Waals surface area contributed by atoms with E-state index in [9.17, 15) is 30.0 Å². The highest BCUT2D eigenvalue weighted by Crippen LogP contribution is 2.74. The number of allylic oxidation sites excluding steroid dienone is 1. The topological polar surface area (TPSA) is 137 Å². The maximum atomic E-state index is 13.3. The zero-order valence-corrected chi connectivity index (χ0v) is 21.7. The summed E-state index contributed by atoms with van der Waals surface area (Å²) >= 11 is 0. The monoisotopic (exact) mass is 502 g/mol. The van der Waals surface area contributed by atoms with Crippen LogP contribution in [-0.2, 0) is 19.1 Å². The Kier molecular flexibility index (Phi) is 4.87. The number of fused-ring (bicyclic) bond motifs is 8. The van der Waals surface area contributed by atoms with Crippen molar-refractivity contribution in [3.8, 4) is 0 Å². The fourth-order valence-electron chi connectivity index (χ4n) is 9.30. The second-order valence-corrected chi connectivity index (χ2v) is 12.9. The summed E-state index contributed by atoms with van der Waals surface area (Å²) in [4.78, 5) is 25.8. The normalized spacial score (nSPS) is 56.4. The average molecular weight is 503 g/mol. The van der Waals surface area contributed by atoms with Crippen molar-refractivity contribution in [2.75, 3.05) is 0 Å². The van der Waals surface area contributed by atoms with Crippen molar-refractivity contribution in [2.24, 2.45) is 28.6 Å². The van der Waals surface area contributed by atoms with E-state index in [0.29, 0.717) is 36.8 Å². The molecule has 4 fully saturated rings. The summed E-state index contributed by atoms with van der Waals surface area (Å²) in [6.07, 6.45) is 2.23. The van der Waals surface area contributed by atoms with Gasteiger partial charge in [0.05, 0.1) is 22.7 Å². The van der Waals surface area contributed by atoms with E-state index >= 15 is 0 Å². The van der Waals surface area contributed by atoms with E-state index < -0.39 is 63.8 Å². The van der Waals surface area contributed by atoms with Gasteiger partial charge < -0.3 is 29.9 Å². The Bertz CT molecular complexity index is 1110.